The summed E-state index contributed by atoms with van der Waals surface area (Å²) in [6, 6.07) is 3.37. The molecule has 0 bridgehead atoms. The highest BCUT2D eigenvalue weighted by molar-refractivity contribution is 8.00. The van der Waals surface area contributed by atoms with E-state index in [4.69, 9.17) is 5.11 Å². The van der Waals surface area contributed by atoms with Gasteiger partial charge in [0.2, 0.25) is 5.91 Å². The zero-order valence-electron chi connectivity index (χ0n) is 11.1. The van der Waals surface area contributed by atoms with Crippen LogP contribution >= 0.6 is 11.8 Å². The molecule has 1 amide bonds. The van der Waals surface area contributed by atoms with Gasteiger partial charge in [0, 0.05) is 11.4 Å². The smallest absolute Gasteiger partial charge is 0.310 e. The molecule has 0 fully saturated rings. The predicted octanol–water partition coefficient (Wildman–Crippen LogP) is 2.28. The Bertz CT molecular complexity index is 520. The van der Waals surface area contributed by atoms with Gasteiger partial charge in [0.25, 0.3) is 0 Å². The Morgan fingerprint density at radius 1 is 1.30 bits per heavy atom. The Morgan fingerprint density at radius 3 is 2.50 bits per heavy atom. The van der Waals surface area contributed by atoms with Crippen LogP contribution in [0.2, 0.25) is 0 Å². The summed E-state index contributed by atoms with van der Waals surface area (Å²) in [7, 11) is 0. The highest BCUT2D eigenvalue weighted by atomic mass is 32.2. The maximum Gasteiger partial charge on any atom is 0.310 e. The van der Waals surface area contributed by atoms with Crippen molar-refractivity contribution in [2.45, 2.75) is 18.7 Å². The summed E-state index contributed by atoms with van der Waals surface area (Å²) in [5, 5.41) is 11.4. The molecule has 0 aliphatic carbocycles. The lowest BCUT2D eigenvalue weighted by molar-refractivity contribution is -0.146. The van der Waals surface area contributed by atoms with Crippen LogP contribution in [0.1, 0.15) is 13.8 Å². The van der Waals surface area contributed by atoms with E-state index in [2.05, 4.69) is 5.32 Å². The first-order valence-electron chi connectivity index (χ1n) is 5.80. The minimum Gasteiger partial charge on any atom is -0.481 e. The molecule has 0 aromatic heterocycles. The third-order valence-electron chi connectivity index (χ3n) is 2.57. The number of carboxylic acid groups (broad SMARTS) is 1. The first kappa shape index (κ1) is 16.4. The molecule has 20 heavy (non-hydrogen) atoms. The number of carboxylic acids is 1. The highest BCUT2D eigenvalue weighted by Crippen LogP contribution is 2.20. The van der Waals surface area contributed by atoms with Gasteiger partial charge in [-0.2, -0.15) is 0 Å². The summed E-state index contributed by atoms with van der Waals surface area (Å²) < 4.78 is 25.6. The number of thioether (sulfide) groups is 1. The quantitative estimate of drug-likeness (QED) is 0.791. The first-order valence-corrected chi connectivity index (χ1v) is 6.79. The van der Waals surface area contributed by atoms with Gasteiger partial charge in [-0.25, -0.2) is 8.78 Å². The van der Waals surface area contributed by atoms with E-state index in [9.17, 15) is 18.4 Å². The molecule has 0 heterocycles. The monoisotopic (exact) mass is 303 g/mol. The van der Waals surface area contributed by atoms with Gasteiger partial charge in [-0.05, 0) is 32.0 Å². The number of nitrogens with one attached hydrogen (secondary N) is 1. The van der Waals surface area contributed by atoms with Gasteiger partial charge in [-0.3, -0.25) is 9.59 Å². The Kier molecular flexibility index (Phi) is 5.50. The van der Waals surface area contributed by atoms with Crippen molar-refractivity contribution >= 4 is 23.6 Å². The van der Waals surface area contributed by atoms with Crippen molar-refractivity contribution in [3.05, 3.63) is 29.8 Å². The molecule has 0 saturated heterocycles. The number of halogens is 2. The van der Waals surface area contributed by atoms with E-state index in [1.165, 1.54) is 19.9 Å². The summed E-state index contributed by atoms with van der Waals surface area (Å²) in [5.41, 5.74) is -1.05. The average Bonchev–Trinajstić information content (AvgIpc) is 2.37. The fourth-order valence-electron chi connectivity index (χ4n) is 1.16. The van der Waals surface area contributed by atoms with E-state index in [1.807, 2.05) is 0 Å². The molecule has 0 unspecified atom stereocenters. The van der Waals surface area contributed by atoms with Crippen molar-refractivity contribution < 1.29 is 23.5 Å². The number of aliphatic carboxylic acids is 1. The lowest BCUT2D eigenvalue weighted by atomic mass is 9.94. The normalized spacial score (nSPS) is 11.2. The van der Waals surface area contributed by atoms with Gasteiger partial charge in [0.05, 0.1) is 11.2 Å². The van der Waals surface area contributed by atoms with Crippen LogP contribution in [0.15, 0.2) is 23.1 Å². The maximum atomic E-state index is 12.9. The number of hydrogen-bond acceptors (Lipinski definition) is 3. The SMILES string of the molecule is CC(C)(CNC(=O)CSc1ccc(F)c(F)c1)C(=O)O. The summed E-state index contributed by atoms with van der Waals surface area (Å²) in [6.07, 6.45) is 0. The van der Waals surface area contributed by atoms with Crippen molar-refractivity contribution in [3.8, 4) is 0 Å². The zero-order valence-corrected chi connectivity index (χ0v) is 11.9. The number of carbonyl (C=O) groups is 2. The van der Waals surface area contributed by atoms with Crippen LogP contribution in [-0.2, 0) is 9.59 Å². The van der Waals surface area contributed by atoms with Crippen LogP contribution in [0.3, 0.4) is 0 Å². The average molecular weight is 303 g/mol. The van der Waals surface area contributed by atoms with E-state index in [0.717, 1.165) is 23.9 Å². The van der Waals surface area contributed by atoms with Crippen LogP contribution in [0, 0.1) is 17.0 Å². The number of benzene rings is 1. The van der Waals surface area contributed by atoms with Crippen LogP contribution in [-0.4, -0.2) is 29.3 Å². The molecule has 0 radical (unpaired) electrons. The van der Waals surface area contributed by atoms with E-state index in [-0.39, 0.29) is 18.2 Å². The van der Waals surface area contributed by atoms with Gasteiger partial charge in [-0.1, -0.05) is 0 Å². The fraction of sp³-hybridized carbons (Fsp3) is 0.385. The number of carbonyl (C=O) groups excluding carboxylic acids is 1. The van der Waals surface area contributed by atoms with Crippen molar-refractivity contribution in [2.75, 3.05) is 12.3 Å². The Hall–Kier alpha value is -1.63. The topological polar surface area (TPSA) is 66.4 Å². The third-order valence-corrected chi connectivity index (χ3v) is 3.56. The van der Waals surface area contributed by atoms with Crippen LogP contribution in [0.4, 0.5) is 8.78 Å². The number of hydrogen-bond donors (Lipinski definition) is 2. The van der Waals surface area contributed by atoms with Crippen LogP contribution in [0.5, 0.6) is 0 Å². The first-order chi connectivity index (χ1) is 9.22. The fourth-order valence-corrected chi connectivity index (χ4v) is 1.91. The summed E-state index contributed by atoms with van der Waals surface area (Å²) >= 11 is 1.04. The predicted molar refractivity (Wildman–Crippen MR) is 71.5 cm³/mol. The lowest BCUT2D eigenvalue weighted by Crippen LogP contribution is -2.39. The molecule has 0 spiro atoms. The van der Waals surface area contributed by atoms with Gasteiger partial charge >= 0.3 is 5.97 Å². The van der Waals surface area contributed by atoms with Gasteiger partial charge in [0.15, 0.2) is 11.6 Å². The van der Waals surface area contributed by atoms with Crippen molar-refractivity contribution in [3.63, 3.8) is 0 Å². The summed E-state index contributed by atoms with van der Waals surface area (Å²) in [6.45, 7) is 3.00. The molecule has 0 saturated carbocycles. The summed E-state index contributed by atoms with van der Waals surface area (Å²) in [5.74, 6) is -3.29. The largest absolute Gasteiger partial charge is 0.481 e. The van der Waals surface area contributed by atoms with E-state index >= 15 is 0 Å². The minimum atomic E-state index is -1.05. The molecule has 0 atom stereocenters. The van der Waals surface area contributed by atoms with Gasteiger partial charge in [-0.15, -0.1) is 11.8 Å². The molecule has 2 N–H and O–H groups in total. The van der Waals surface area contributed by atoms with E-state index in [0.29, 0.717) is 4.90 Å². The van der Waals surface area contributed by atoms with E-state index in [1.54, 1.807) is 0 Å². The molecular weight excluding hydrogens is 288 g/mol. The van der Waals surface area contributed by atoms with Gasteiger partial charge in [0.1, 0.15) is 0 Å². The number of amides is 1. The molecule has 0 aliphatic heterocycles. The molecule has 1 aromatic carbocycles. The summed E-state index contributed by atoms with van der Waals surface area (Å²) in [4.78, 5) is 22.8. The lowest BCUT2D eigenvalue weighted by Gasteiger charge is -2.19. The second-order valence-electron chi connectivity index (χ2n) is 4.83. The molecule has 110 valence electrons. The third kappa shape index (κ3) is 4.80. The van der Waals surface area contributed by atoms with Crippen LogP contribution in [0.25, 0.3) is 0 Å². The molecule has 0 aliphatic rings. The standard InChI is InChI=1S/C13H15F2NO3S/c1-13(2,12(18)19)7-16-11(17)6-20-8-3-4-9(14)10(15)5-8/h3-5H,6-7H2,1-2H3,(H,16,17)(H,18,19). The Morgan fingerprint density at radius 2 is 1.95 bits per heavy atom. The second-order valence-corrected chi connectivity index (χ2v) is 5.88. The zero-order chi connectivity index (χ0) is 15.3. The Labute approximate surface area is 119 Å². The van der Waals surface area contributed by atoms with Gasteiger partial charge < -0.3 is 10.4 Å². The second kappa shape index (κ2) is 6.69. The van der Waals surface area contributed by atoms with E-state index < -0.39 is 23.0 Å². The Balaban J connectivity index is 2.44. The van der Waals surface area contributed by atoms with Crippen molar-refractivity contribution in [2.24, 2.45) is 5.41 Å². The molecular formula is C13H15F2NO3S. The maximum absolute atomic E-state index is 12.9. The van der Waals surface area contributed by atoms with Crippen molar-refractivity contribution in [1.82, 2.24) is 5.32 Å². The highest BCUT2D eigenvalue weighted by Gasteiger charge is 2.27. The molecule has 1 rings (SSSR count). The molecule has 4 nitrogen and oxygen atoms in total. The number of rotatable bonds is 6. The van der Waals surface area contributed by atoms with Crippen LogP contribution < -0.4 is 5.32 Å². The minimum absolute atomic E-state index is 0.000490. The van der Waals surface area contributed by atoms with Crippen molar-refractivity contribution in [1.29, 1.82) is 0 Å². The molecule has 1 aromatic rings. The molecule has 7 heteroatoms.